The quantitative estimate of drug-likeness (QED) is 0.702. The Hall–Kier alpha value is -3.19. The number of rotatable bonds is 5. The number of aromatic nitrogens is 3. The van der Waals surface area contributed by atoms with E-state index < -0.39 is 0 Å². The molecule has 1 aliphatic rings. The van der Waals surface area contributed by atoms with E-state index in [1.165, 1.54) is 5.56 Å². The maximum Gasteiger partial charge on any atom is 0.317 e. The lowest BCUT2D eigenvalue weighted by Crippen LogP contribution is -2.56. The minimum absolute atomic E-state index is 0.0613. The number of carbonyl (C=O) groups is 1. The molecular weight excluding hydrogens is 364 g/mol. The highest BCUT2D eigenvalue weighted by Crippen LogP contribution is 2.15. The van der Waals surface area contributed by atoms with Gasteiger partial charge in [-0.3, -0.25) is 10.00 Å². The van der Waals surface area contributed by atoms with Gasteiger partial charge < -0.3 is 10.2 Å². The number of benzene rings is 2. The molecule has 2 aromatic carbocycles. The molecule has 4 rings (SSSR count). The summed E-state index contributed by atoms with van der Waals surface area (Å²) in [4.78, 5) is 21.4. The van der Waals surface area contributed by atoms with E-state index in [9.17, 15) is 4.79 Å². The van der Waals surface area contributed by atoms with Crippen molar-refractivity contribution < 1.29 is 4.79 Å². The predicted molar refractivity (Wildman–Crippen MR) is 112 cm³/mol. The molecule has 1 unspecified atom stereocenters. The third kappa shape index (κ3) is 4.81. The highest BCUT2D eigenvalue weighted by atomic mass is 16.2. The number of hydrogen-bond donors (Lipinski definition) is 2. The van der Waals surface area contributed by atoms with Gasteiger partial charge in [0.2, 0.25) is 0 Å². The maximum atomic E-state index is 12.7. The number of hydrogen-bond acceptors (Lipinski definition) is 4. The first-order chi connectivity index (χ1) is 14.2. The highest BCUT2D eigenvalue weighted by molar-refractivity contribution is 5.74. The van der Waals surface area contributed by atoms with Crippen LogP contribution in [0.25, 0.3) is 11.4 Å². The van der Waals surface area contributed by atoms with E-state index in [2.05, 4.69) is 56.7 Å². The van der Waals surface area contributed by atoms with E-state index in [4.69, 9.17) is 0 Å². The van der Waals surface area contributed by atoms with Crippen molar-refractivity contribution in [2.75, 3.05) is 26.7 Å². The fourth-order valence-electron chi connectivity index (χ4n) is 3.60. The Balaban J connectivity index is 1.32. The van der Waals surface area contributed by atoms with E-state index in [0.29, 0.717) is 30.8 Å². The van der Waals surface area contributed by atoms with E-state index in [-0.39, 0.29) is 6.03 Å². The predicted octanol–water partition coefficient (Wildman–Crippen LogP) is 2.54. The third-order valence-corrected chi connectivity index (χ3v) is 5.35. The van der Waals surface area contributed by atoms with Crippen LogP contribution < -0.4 is 5.32 Å². The highest BCUT2D eigenvalue weighted by Gasteiger charge is 2.27. The van der Waals surface area contributed by atoms with Crippen LogP contribution in [0.1, 0.15) is 11.4 Å². The van der Waals surface area contributed by atoms with E-state index in [1.807, 2.05) is 41.3 Å². The largest absolute Gasteiger partial charge is 0.331 e. The van der Waals surface area contributed by atoms with Crippen molar-refractivity contribution in [3.63, 3.8) is 0 Å². The molecule has 2 N–H and O–H groups in total. The van der Waals surface area contributed by atoms with Crippen LogP contribution in [0.2, 0.25) is 0 Å². The van der Waals surface area contributed by atoms with Crippen LogP contribution in [0.3, 0.4) is 0 Å². The fraction of sp³-hybridized carbons (Fsp3) is 0.318. The first-order valence-corrected chi connectivity index (χ1v) is 9.92. The van der Waals surface area contributed by atoms with Crippen LogP contribution in [-0.2, 0) is 13.0 Å². The molecule has 0 saturated carbocycles. The summed E-state index contributed by atoms with van der Waals surface area (Å²) in [6, 6.07) is 20.5. The zero-order valence-corrected chi connectivity index (χ0v) is 16.6. The second-order valence-corrected chi connectivity index (χ2v) is 7.40. The van der Waals surface area contributed by atoms with Crippen molar-refractivity contribution in [2.45, 2.75) is 19.0 Å². The van der Waals surface area contributed by atoms with Gasteiger partial charge in [-0.15, -0.1) is 0 Å². The number of likely N-dealkylation sites (N-methyl/N-ethyl adjacent to an activating group) is 1. The second kappa shape index (κ2) is 8.87. The van der Waals surface area contributed by atoms with Crippen LogP contribution >= 0.6 is 0 Å². The Morgan fingerprint density at radius 3 is 2.59 bits per heavy atom. The summed E-state index contributed by atoms with van der Waals surface area (Å²) in [7, 11) is 2.13. The van der Waals surface area contributed by atoms with E-state index in [0.717, 1.165) is 25.1 Å². The number of piperazine rings is 1. The second-order valence-electron chi connectivity index (χ2n) is 7.40. The Labute approximate surface area is 170 Å². The zero-order valence-electron chi connectivity index (χ0n) is 16.6. The maximum absolute atomic E-state index is 12.7. The number of amides is 2. The van der Waals surface area contributed by atoms with Crippen molar-refractivity contribution in [1.29, 1.82) is 0 Å². The topological polar surface area (TPSA) is 77.2 Å². The molecule has 2 heterocycles. The van der Waals surface area contributed by atoms with E-state index in [1.54, 1.807) is 0 Å². The molecule has 29 heavy (non-hydrogen) atoms. The number of H-pyrrole nitrogens is 1. The molecular formula is C22H26N6O. The Morgan fingerprint density at radius 1 is 1.10 bits per heavy atom. The lowest BCUT2D eigenvalue weighted by Gasteiger charge is -2.39. The van der Waals surface area contributed by atoms with Crippen molar-refractivity contribution in [3.8, 4) is 11.4 Å². The molecule has 1 fully saturated rings. The first kappa shape index (κ1) is 19.1. The van der Waals surface area contributed by atoms with Gasteiger partial charge in [-0.2, -0.15) is 5.10 Å². The Kier molecular flexibility index (Phi) is 5.86. The summed E-state index contributed by atoms with van der Waals surface area (Å²) in [6.45, 7) is 2.63. The minimum atomic E-state index is -0.0613. The Morgan fingerprint density at radius 2 is 1.83 bits per heavy atom. The lowest BCUT2D eigenvalue weighted by atomic mass is 10.0. The van der Waals surface area contributed by atoms with Gasteiger partial charge in [0.1, 0.15) is 5.82 Å². The molecule has 150 valence electrons. The lowest BCUT2D eigenvalue weighted by molar-refractivity contribution is 0.109. The monoisotopic (exact) mass is 390 g/mol. The smallest absolute Gasteiger partial charge is 0.317 e. The molecule has 3 aromatic rings. The van der Waals surface area contributed by atoms with Gasteiger partial charge in [-0.25, -0.2) is 9.78 Å². The molecule has 0 bridgehead atoms. The number of urea groups is 1. The molecule has 0 radical (unpaired) electrons. The van der Waals surface area contributed by atoms with Crippen molar-refractivity contribution in [2.24, 2.45) is 0 Å². The van der Waals surface area contributed by atoms with Crippen LogP contribution in [-0.4, -0.2) is 63.7 Å². The van der Waals surface area contributed by atoms with Crippen LogP contribution in [0.15, 0.2) is 60.7 Å². The zero-order chi connectivity index (χ0) is 20.1. The summed E-state index contributed by atoms with van der Waals surface area (Å²) in [5.74, 6) is 1.28. The van der Waals surface area contributed by atoms with Gasteiger partial charge in [-0.1, -0.05) is 60.7 Å². The van der Waals surface area contributed by atoms with Crippen molar-refractivity contribution >= 4 is 6.03 Å². The summed E-state index contributed by atoms with van der Waals surface area (Å²) in [5, 5.41) is 10.1. The average Bonchev–Trinajstić information content (AvgIpc) is 3.24. The van der Waals surface area contributed by atoms with Crippen molar-refractivity contribution in [3.05, 3.63) is 72.1 Å². The van der Waals surface area contributed by atoms with Gasteiger partial charge in [0, 0.05) is 31.2 Å². The molecule has 2 amide bonds. The molecule has 1 saturated heterocycles. The number of nitrogens with zero attached hydrogens (tertiary/aromatic N) is 4. The molecule has 0 aliphatic carbocycles. The standard InChI is InChI=1S/C22H26N6O/c1-27-12-13-28(16-19(27)14-17-8-4-2-5-9-17)22(29)23-15-20-24-21(26-25-20)18-10-6-3-7-11-18/h2-11,19H,12-16H2,1H3,(H,23,29)(H,24,25,26). The fourth-order valence-corrected chi connectivity index (χ4v) is 3.60. The van der Waals surface area contributed by atoms with Crippen LogP contribution in [0.4, 0.5) is 4.79 Å². The summed E-state index contributed by atoms with van der Waals surface area (Å²) < 4.78 is 0. The molecule has 1 aliphatic heterocycles. The molecule has 1 aromatic heterocycles. The average molecular weight is 390 g/mol. The van der Waals surface area contributed by atoms with Gasteiger partial charge in [0.25, 0.3) is 0 Å². The number of carbonyl (C=O) groups excluding carboxylic acids is 1. The van der Waals surface area contributed by atoms with Crippen molar-refractivity contribution in [1.82, 2.24) is 30.3 Å². The van der Waals surface area contributed by atoms with Gasteiger partial charge in [-0.05, 0) is 19.0 Å². The Bertz CT molecular complexity index is 927. The van der Waals surface area contributed by atoms with Gasteiger partial charge in [0.15, 0.2) is 5.82 Å². The molecule has 7 nitrogen and oxygen atoms in total. The number of aromatic amines is 1. The van der Waals surface area contributed by atoms with E-state index >= 15 is 0 Å². The number of nitrogens with one attached hydrogen (secondary N) is 2. The summed E-state index contributed by atoms with van der Waals surface area (Å²) in [5.41, 5.74) is 2.24. The van der Waals surface area contributed by atoms with Gasteiger partial charge in [0.05, 0.1) is 6.54 Å². The normalized spacial score (nSPS) is 17.3. The summed E-state index contributed by atoms with van der Waals surface area (Å²) in [6.07, 6.45) is 0.934. The SMILES string of the molecule is CN1CCN(C(=O)NCc2nc(-c3ccccc3)n[nH]2)CC1Cc1ccccc1. The molecule has 7 heteroatoms. The third-order valence-electron chi connectivity index (χ3n) is 5.35. The molecule has 1 atom stereocenters. The minimum Gasteiger partial charge on any atom is -0.331 e. The van der Waals surface area contributed by atoms with Gasteiger partial charge >= 0.3 is 6.03 Å². The van der Waals surface area contributed by atoms with Crippen LogP contribution in [0, 0.1) is 0 Å². The van der Waals surface area contributed by atoms with Crippen LogP contribution in [0.5, 0.6) is 0 Å². The first-order valence-electron chi connectivity index (χ1n) is 9.92. The summed E-state index contributed by atoms with van der Waals surface area (Å²) >= 11 is 0. The molecule has 0 spiro atoms.